The molecule has 188 valence electrons. The molecule has 5 nitrogen and oxygen atoms in total. The third kappa shape index (κ3) is 6.02. The Bertz CT molecular complexity index is 799. The van der Waals surface area contributed by atoms with E-state index in [0.717, 1.165) is 50.9 Å². The Balaban J connectivity index is 1.40. The van der Waals surface area contributed by atoms with Gasteiger partial charge in [-0.2, -0.15) is 0 Å². The van der Waals surface area contributed by atoms with Gasteiger partial charge in [-0.1, -0.05) is 52.4 Å². The Morgan fingerprint density at radius 1 is 0.765 bits per heavy atom. The molecule has 0 radical (unpaired) electrons. The molecular formula is C29H42O5. The molecule has 0 heterocycles. The van der Waals surface area contributed by atoms with Crippen LogP contribution in [0.15, 0.2) is 18.2 Å². The fourth-order valence-corrected chi connectivity index (χ4v) is 6.82. The molecule has 0 spiro atoms. The highest BCUT2D eigenvalue weighted by molar-refractivity contribution is 5.95. The zero-order valence-corrected chi connectivity index (χ0v) is 21.0. The first kappa shape index (κ1) is 25.2. The zero-order chi connectivity index (χ0) is 24.1. The Labute approximate surface area is 204 Å². The summed E-state index contributed by atoms with van der Waals surface area (Å²) in [7, 11) is 0. The highest BCUT2D eigenvalue weighted by Crippen LogP contribution is 2.41. The van der Waals surface area contributed by atoms with E-state index in [0.29, 0.717) is 34.4 Å². The molecular weight excluding hydrogens is 428 g/mol. The van der Waals surface area contributed by atoms with Gasteiger partial charge in [-0.25, -0.2) is 9.59 Å². The van der Waals surface area contributed by atoms with Crippen molar-refractivity contribution in [2.75, 3.05) is 0 Å². The van der Waals surface area contributed by atoms with Gasteiger partial charge in [-0.05, 0) is 86.0 Å². The Hall–Kier alpha value is -1.88. The third-order valence-electron chi connectivity index (χ3n) is 8.83. The van der Waals surface area contributed by atoms with Crippen LogP contribution in [0, 0.1) is 23.7 Å². The van der Waals surface area contributed by atoms with E-state index in [1.54, 1.807) is 18.2 Å². The molecule has 0 aliphatic heterocycles. The summed E-state index contributed by atoms with van der Waals surface area (Å²) in [6.07, 6.45) is 13.2. The van der Waals surface area contributed by atoms with Crippen LogP contribution < -0.4 is 0 Å². The molecule has 0 bridgehead atoms. The summed E-state index contributed by atoms with van der Waals surface area (Å²) in [5.41, 5.74) is 1.17. The maximum absolute atomic E-state index is 13.0. The predicted octanol–water partition coefficient (Wildman–Crippen LogP) is 6.46. The van der Waals surface area contributed by atoms with Gasteiger partial charge in [0.15, 0.2) is 0 Å². The van der Waals surface area contributed by atoms with Crippen LogP contribution in [0.3, 0.4) is 0 Å². The average Bonchev–Trinajstić information content (AvgIpc) is 2.88. The molecule has 3 saturated carbocycles. The van der Waals surface area contributed by atoms with Crippen LogP contribution in [0.4, 0.5) is 0 Å². The summed E-state index contributed by atoms with van der Waals surface area (Å²) in [6, 6.07) is 4.83. The summed E-state index contributed by atoms with van der Waals surface area (Å²) < 4.78 is 11.8. The molecule has 6 unspecified atom stereocenters. The lowest BCUT2D eigenvalue weighted by molar-refractivity contribution is -0.000945. The lowest BCUT2D eigenvalue weighted by Gasteiger charge is -2.38. The number of hydrogen-bond donors (Lipinski definition) is 1. The van der Waals surface area contributed by atoms with Gasteiger partial charge < -0.3 is 14.6 Å². The van der Waals surface area contributed by atoms with E-state index in [4.69, 9.17) is 9.47 Å². The minimum absolute atomic E-state index is 0.0558. The molecule has 0 amide bonds. The van der Waals surface area contributed by atoms with Gasteiger partial charge >= 0.3 is 11.9 Å². The number of ether oxygens (including phenoxy) is 2. The first-order chi connectivity index (χ1) is 16.5. The van der Waals surface area contributed by atoms with Crippen LogP contribution in [0.1, 0.15) is 117 Å². The number of hydrogen-bond acceptors (Lipinski definition) is 5. The van der Waals surface area contributed by atoms with Crippen LogP contribution in [0.25, 0.3) is 0 Å². The van der Waals surface area contributed by atoms with Gasteiger partial charge in [0.25, 0.3) is 0 Å². The van der Waals surface area contributed by atoms with Crippen molar-refractivity contribution in [3.63, 3.8) is 0 Å². The fraction of sp³-hybridized carbons (Fsp3) is 0.724. The number of rotatable bonds is 7. The Kier molecular flexibility index (Phi) is 8.68. The largest absolute Gasteiger partial charge is 0.459 e. The fourth-order valence-electron chi connectivity index (χ4n) is 6.82. The lowest BCUT2D eigenvalue weighted by Crippen LogP contribution is -2.33. The molecule has 1 aromatic rings. The van der Waals surface area contributed by atoms with Crippen molar-refractivity contribution in [2.24, 2.45) is 23.7 Å². The van der Waals surface area contributed by atoms with Gasteiger partial charge in [-0.3, -0.25) is 0 Å². The standard InChI is InChI=1S/C29H42O5/c1-3-20-9-11-26(16-21(20)4-2)33-28(31)24-13-19(18-30)14-25(15-24)29(32)34-27-12-10-22-7-5-6-8-23(22)17-27/h13-15,20-23,26-27,30H,3-12,16-18H2,1-2H3. The number of aliphatic hydroxyl groups is 1. The van der Waals surface area contributed by atoms with Gasteiger partial charge in [0, 0.05) is 0 Å². The van der Waals surface area contributed by atoms with Crippen molar-refractivity contribution in [2.45, 2.75) is 110 Å². The van der Waals surface area contributed by atoms with E-state index < -0.39 is 11.9 Å². The van der Waals surface area contributed by atoms with Gasteiger partial charge in [-0.15, -0.1) is 0 Å². The summed E-state index contributed by atoms with van der Waals surface area (Å²) >= 11 is 0. The number of carbonyl (C=O) groups excluding carboxylic acids is 2. The van der Waals surface area contributed by atoms with Crippen molar-refractivity contribution in [1.29, 1.82) is 0 Å². The predicted molar refractivity (Wildman–Crippen MR) is 131 cm³/mol. The van der Waals surface area contributed by atoms with E-state index in [-0.39, 0.29) is 18.8 Å². The maximum atomic E-state index is 13.0. The van der Waals surface area contributed by atoms with E-state index in [1.807, 2.05) is 0 Å². The van der Waals surface area contributed by atoms with Crippen molar-refractivity contribution in [3.8, 4) is 0 Å². The Morgan fingerprint density at radius 2 is 1.35 bits per heavy atom. The highest BCUT2D eigenvalue weighted by atomic mass is 16.5. The molecule has 1 aromatic carbocycles. The van der Waals surface area contributed by atoms with Gasteiger partial charge in [0.2, 0.25) is 0 Å². The summed E-state index contributed by atoms with van der Waals surface area (Å²) in [4.78, 5) is 26.0. The third-order valence-corrected chi connectivity index (χ3v) is 8.83. The summed E-state index contributed by atoms with van der Waals surface area (Å²) in [5, 5.41) is 9.74. The minimum atomic E-state index is -0.415. The highest BCUT2D eigenvalue weighted by Gasteiger charge is 2.34. The van der Waals surface area contributed by atoms with Crippen molar-refractivity contribution >= 4 is 11.9 Å². The number of carbonyl (C=O) groups is 2. The van der Waals surface area contributed by atoms with Crippen molar-refractivity contribution in [1.82, 2.24) is 0 Å². The minimum Gasteiger partial charge on any atom is -0.459 e. The molecule has 4 rings (SSSR count). The maximum Gasteiger partial charge on any atom is 0.338 e. The first-order valence-electron chi connectivity index (χ1n) is 13.7. The van der Waals surface area contributed by atoms with E-state index in [1.165, 1.54) is 32.1 Å². The smallest absolute Gasteiger partial charge is 0.338 e. The first-order valence-corrected chi connectivity index (χ1v) is 13.7. The molecule has 3 fully saturated rings. The van der Waals surface area contributed by atoms with Crippen LogP contribution in [-0.4, -0.2) is 29.3 Å². The number of esters is 2. The molecule has 3 aliphatic rings. The molecule has 34 heavy (non-hydrogen) atoms. The molecule has 0 saturated heterocycles. The van der Waals surface area contributed by atoms with Crippen molar-refractivity contribution in [3.05, 3.63) is 34.9 Å². The van der Waals surface area contributed by atoms with Crippen LogP contribution in [-0.2, 0) is 16.1 Å². The van der Waals surface area contributed by atoms with Crippen LogP contribution in [0.2, 0.25) is 0 Å². The quantitative estimate of drug-likeness (QED) is 0.463. The number of benzene rings is 1. The second-order valence-electron chi connectivity index (χ2n) is 10.9. The SMILES string of the molecule is CCC1CCC(OC(=O)c2cc(CO)cc(C(=O)OC3CCC4CCCCC4C3)c2)CC1CC. The second kappa shape index (κ2) is 11.7. The summed E-state index contributed by atoms with van der Waals surface area (Å²) in [6.45, 7) is 4.20. The van der Waals surface area contributed by atoms with Crippen LogP contribution in [0.5, 0.6) is 0 Å². The molecule has 3 aliphatic carbocycles. The second-order valence-corrected chi connectivity index (χ2v) is 10.9. The van der Waals surface area contributed by atoms with Crippen LogP contribution >= 0.6 is 0 Å². The molecule has 6 atom stereocenters. The number of aliphatic hydroxyl groups excluding tert-OH is 1. The Morgan fingerprint density at radius 3 is 1.97 bits per heavy atom. The molecule has 0 aromatic heterocycles. The average molecular weight is 471 g/mol. The van der Waals surface area contributed by atoms with E-state index >= 15 is 0 Å². The topological polar surface area (TPSA) is 72.8 Å². The van der Waals surface area contributed by atoms with Gasteiger partial charge in [0.05, 0.1) is 17.7 Å². The van der Waals surface area contributed by atoms with Crippen molar-refractivity contribution < 1.29 is 24.2 Å². The molecule has 5 heteroatoms. The van der Waals surface area contributed by atoms with E-state index in [2.05, 4.69) is 13.8 Å². The number of fused-ring (bicyclic) bond motifs is 1. The lowest BCUT2D eigenvalue weighted by atomic mass is 9.70. The molecule has 1 N–H and O–H groups in total. The van der Waals surface area contributed by atoms with Gasteiger partial charge in [0.1, 0.15) is 12.2 Å². The summed E-state index contributed by atoms with van der Waals surface area (Å²) in [5.74, 6) is 1.94. The monoisotopic (exact) mass is 470 g/mol. The zero-order valence-electron chi connectivity index (χ0n) is 21.0. The normalized spacial score (nSPS) is 31.4. The van der Waals surface area contributed by atoms with E-state index in [9.17, 15) is 14.7 Å².